The van der Waals surface area contributed by atoms with E-state index in [0.717, 1.165) is 0 Å². The fraction of sp³-hybridized carbons (Fsp3) is 0.500. The van der Waals surface area contributed by atoms with Gasteiger partial charge >= 0.3 is 6.09 Å². The van der Waals surface area contributed by atoms with Gasteiger partial charge in [-0.05, 0) is 17.5 Å². The Kier molecular flexibility index (Phi) is 5.25. The SMILES string of the molecule is COc1cc(-n2cc3c(n2)C(=O)CC2(CC[N+](C)(C(=O)O)CC2C(C)(C)C)O3)ccc1C#N. The van der Waals surface area contributed by atoms with Crippen LogP contribution in [0.25, 0.3) is 5.69 Å². The summed E-state index contributed by atoms with van der Waals surface area (Å²) in [5.74, 6) is 0.542. The highest BCUT2D eigenvalue weighted by atomic mass is 16.5. The number of rotatable bonds is 2. The average molecular weight is 454 g/mol. The number of Topliss-reactive ketones (excluding diaryl/α,β-unsaturated/α-hetero) is 1. The number of quaternary nitrogens is 1. The molecule has 9 heteroatoms. The summed E-state index contributed by atoms with van der Waals surface area (Å²) in [6, 6.07) is 7.13. The molecule has 1 fully saturated rings. The van der Waals surface area contributed by atoms with Gasteiger partial charge in [0.25, 0.3) is 0 Å². The van der Waals surface area contributed by atoms with E-state index in [-0.39, 0.29) is 33.7 Å². The second kappa shape index (κ2) is 7.59. The number of carbonyl (C=O) groups is 2. The third-order valence-corrected chi connectivity index (χ3v) is 7.04. The van der Waals surface area contributed by atoms with E-state index in [9.17, 15) is 20.0 Å². The second-order valence-corrected chi connectivity index (χ2v) is 10.3. The molecule has 3 heterocycles. The summed E-state index contributed by atoms with van der Waals surface area (Å²) in [5.41, 5.74) is 0.240. The van der Waals surface area contributed by atoms with Crippen LogP contribution in [0.15, 0.2) is 24.4 Å². The molecule has 3 atom stereocenters. The van der Waals surface area contributed by atoms with E-state index in [1.165, 1.54) is 7.11 Å². The number of fused-ring (bicyclic) bond motifs is 1. The Bertz CT molecular complexity index is 1170. The standard InChI is InChI=1S/C24H28N4O5/c1-23(2,3)20-14-28(4,22(30)31)9-8-24(20)11-17(29)21-19(33-24)13-27(26-21)16-7-6-15(12-25)18(10-16)32-5/h6-7,10,13,20H,8-9,11,14H2,1-5H3/p+1. The molecule has 3 unspecified atom stereocenters. The summed E-state index contributed by atoms with van der Waals surface area (Å²) in [7, 11) is 3.21. The smallest absolute Gasteiger partial charge is 0.495 e. The lowest BCUT2D eigenvalue weighted by Crippen LogP contribution is -2.67. The number of likely N-dealkylation sites (tertiary alicyclic amines) is 1. The van der Waals surface area contributed by atoms with Crippen LogP contribution >= 0.6 is 0 Å². The molecule has 1 aromatic carbocycles. The minimum Gasteiger partial charge on any atom is -0.495 e. The van der Waals surface area contributed by atoms with E-state index < -0.39 is 11.7 Å². The minimum absolute atomic E-state index is 0.0988. The zero-order valence-electron chi connectivity index (χ0n) is 19.6. The number of carbonyl (C=O) groups excluding carboxylic acids is 1. The highest BCUT2D eigenvalue weighted by Crippen LogP contribution is 2.49. The highest BCUT2D eigenvalue weighted by molar-refractivity contribution is 5.98. The van der Waals surface area contributed by atoms with Gasteiger partial charge < -0.3 is 14.6 Å². The highest BCUT2D eigenvalue weighted by Gasteiger charge is 2.59. The number of methoxy groups -OCH3 is 1. The lowest BCUT2D eigenvalue weighted by Gasteiger charge is -2.53. The molecule has 4 rings (SSSR count). The summed E-state index contributed by atoms with van der Waals surface area (Å²) in [6.07, 6.45) is 1.42. The van der Waals surface area contributed by atoms with Crippen molar-refractivity contribution in [2.24, 2.45) is 11.3 Å². The van der Waals surface area contributed by atoms with Crippen molar-refractivity contribution in [2.75, 3.05) is 27.2 Å². The van der Waals surface area contributed by atoms with Gasteiger partial charge in [0.15, 0.2) is 17.2 Å². The Morgan fingerprint density at radius 1 is 1.42 bits per heavy atom. The molecule has 1 amide bonds. The summed E-state index contributed by atoms with van der Waals surface area (Å²) in [4.78, 5) is 25.2. The van der Waals surface area contributed by atoms with Crippen LogP contribution in [0.1, 0.15) is 49.7 Å². The third kappa shape index (κ3) is 3.74. The molecule has 2 aromatic rings. The molecule has 33 heavy (non-hydrogen) atoms. The van der Waals surface area contributed by atoms with E-state index >= 15 is 0 Å². The van der Waals surface area contributed by atoms with Crippen LogP contribution in [0, 0.1) is 22.7 Å². The van der Waals surface area contributed by atoms with Gasteiger partial charge in [-0.3, -0.25) is 4.79 Å². The number of ketones is 1. The molecule has 2 aliphatic rings. The van der Waals surface area contributed by atoms with Gasteiger partial charge in [0.1, 0.15) is 17.4 Å². The second-order valence-electron chi connectivity index (χ2n) is 10.3. The van der Waals surface area contributed by atoms with Crippen LogP contribution in [0.4, 0.5) is 4.79 Å². The lowest BCUT2D eigenvalue weighted by molar-refractivity contribution is -0.851. The van der Waals surface area contributed by atoms with Crippen LogP contribution in [-0.4, -0.2) is 64.1 Å². The van der Waals surface area contributed by atoms with Crippen LogP contribution < -0.4 is 9.47 Å². The van der Waals surface area contributed by atoms with Gasteiger partial charge in [0.2, 0.25) is 0 Å². The normalized spacial score (nSPS) is 26.9. The number of nitrogens with zero attached hydrogens (tertiary/aromatic N) is 4. The first-order chi connectivity index (χ1) is 15.4. The van der Waals surface area contributed by atoms with Crippen molar-refractivity contribution in [3.8, 4) is 23.3 Å². The van der Waals surface area contributed by atoms with E-state index in [2.05, 4.69) is 31.9 Å². The predicted molar refractivity (Wildman–Crippen MR) is 119 cm³/mol. The minimum atomic E-state index is -0.871. The number of piperidine rings is 1. The van der Waals surface area contributed by atoms with Crippen LogP contribution in [0.2, 0.25) is 0 Å². The summed E-state index contributed by atoms with van der Waals surface area (Å²) in [6.45, 7) is 6.94. The van der Waals surface area contributed by atoms with E-state index in [1.807, 2.05) is 0 Å². The van der Waals surface area contributed by atoms with E-state index in [1.54, 1.807) is 36.1 Å². The van der Waals surface area contributed by atoms with Crippen LogP contribution in [0.3, 0.4) is 0 Å². The molecule has 1 spiro atoms. The summed E-state index contributed by atoms with van der Waals surface area (Å²) in [5, 5.41) is 23.5. The summed E-state index contributed by atoms with van der Waals surface area (Å²) >= 11 is 0. The van der Waals surface area contributed by atoms with E-state index in [0.29, 0.717) is 42.3 Å². The quantitative estimate of drug-likeness (QED) is 0.690. The Labute approximate surface area is 192 Å². The molecule has 0 bridgehead atoms. The van der Waals surface area contributed by atoms with Gasteiger partial charge in [-0.1, -0.05) is 20.8 Å². The maximum absolute atomic E-state index is 13.2. The van der Waals surface area contributed by atoms with Crippen molar-refractivity contribution in [3.63, 3.8) is 0 Å². The number of hydrogen-bond acceptors (Lipinski definition) is 6. The van der Waals surface area contributed by atoms with Gasteiger partial charge in [-0.2, -0.15) is 15.2 Å². The van der Waals surface area contributed by atoms with Gasteiger partial charge in [-0.25, -0.2) is 9.16 Å². The third-order valence-electron chi connectivity index (χ3n) is 7.04. The zero-order chi connectivity index (χ0) is 24.2. The van der Waals surface area contributed by atoms with Gasteiger partial charge in [0, 0.05) is 12.5 Å². The predicted octanol–water partition coefficient (Wildman–Crippen LogP) is 3.65. The summed E-state index contributed by atoms with van der Waals surface area (Å²) < 4.78 is 13.3. The number of aromatic nitrogens is 2. The van der Waals surface area contributed by atoms with Crippen molar-refractivity contribution in [1.29, 1.82) is 5.26 Å². The molecule has 9 nitrogen and oxygen atoms in total. The van der Waals surface area contributed by atoms with Gasteiger partial charge in [0.05, 0.1) is 57.0 Å². The Balaban J connectivity index is 1.73. The molecule has 0 saturated carbocycles. The maximum atomic E-state index is 13.2. The maximum Gasteiger partial charge on any atom is 0.513 e. The fourth-order valence-electron chi connectivity index (χ4n) is 5.12. The Hall–Kier alpha value is -3.38. The molecule has 1 N–H and O–H groups in total. The van der Waals surface area contributed by atoms with Gasteiger partial charge in [-0.15, -0.1) is 0 Å². The Morgan fingerprint density at radius 3 is 2.76 bits per heavy atom. The number of carboxylic acid groups (broad SMARTS) is 1. The number of amides is 1. The number of nitriles is 1. The molecule has 1 saturated heterocycles. The largest absolute Gasteiger partial charge is 0.513 e. The Morgan fingerprint density at radius 2 is 2.15 bits per heavy atom. The van der Waals surface area contributed by atoms with Crippen molar-refractivity contribution in [3.05, 3.63) is 35.7 Å². The van der Waals surface area contributed by atoms with Crippen molar-refractivity contribution >= 4 is 11.9 Å². The fourth-order valence-corrected chi connectivity index (χ4v) is 5.12. The number of benzene rings is 1. The molecule has 174 valence electrons. The number of ether oxygens (including phenoxy) is 2. The molecule has 1 aromatic heterocycles. The monoisotopic (exact) mass is 453 g/mol. The van der Waals surface area contributed by atoms with Crippen molar-refractivity contribution in [2.45, 2.75) is 39.2 Å². The molecule has 0 aliphatic carbocycles. The molecule has 0 radical (unpaired) electrons. The van der Waals surface area contributed by atoms with Crippen LogP contribution in [0.5, 0.6) is 11.5 Å². The first-order valence-corrected chi connectivity index (χ1v) is 10.9. The first-order valence-electron chi connectivity index (χ1n) is 10.9. The van der Waals surface area contributed by atoms with Crippen LogP contribution in [-0.2, 0) is 0 Å². The topological polar surface area (TPSA) is 114 Å². The molecular formula is C24H29N4O5+. The lowest BCUT2D eigenvalue weighted by atomic mass is 9.64. The average Bonchev–Trinajstić information content (AvgIpc) is 3.18. The molecular weight excluding hydrogens is 424 g/mol. The zero-order valence-corrected chi connectivity index (χ0v) is 19.6. The molecule has 2 aliphatic heterocycles. The van der Waals surface area contributed by atoms with Crippen molar-refractivity contribution < 1.29 is 28.7 Å². The van der Waals surface area contributed by atoms with Crippen molar-refractivity contribution in [1.82, 2.24) is 9.78 Å². The van der Waals surface area contributed by atoms with E-state index in [4.69, 9.17) is 9.47 Å². The number of hydrogen-bond donors (Lipinski definition) is 1. The first kappa shape index (κ1) is 22.8.